The summed E-state index contributed by atoms with van der Waals surface area (Å²) < 4.78 is 2.04. The van der Waals surface area contributed by atoms with Crippen LogP contribution in [0.3, 0.4) is 0 Å². The van der Waals surface area contributed by atoms with Gasteiger partial charge in [0.15, 0.2) is 0 Å². The van der Waals surface area contributed by atoms with Gasteiger partial charge in [-0.25, -0.2) is 4.98 Å². The molecule has 0 aliphatic heterocycles. The summed E-state index contributed by atoms with van der Waals surface area (Å²) in [6, 6.07) is 29.1. The number of benzene rings is 3. The zero-order valence-corrected chi connectivity index (χ0v) is 18.3. The minimum absolute atomic E-state index is 0.673. The van der Waals surface area contributed by atoms with Crippen molar-refractivity contribution in [3.8, 4) is 17.2 Å². The first kappa shape index (κ1) is 21.4. The molecule has 0 saturated heterocycles. The first-order valence-corrected chi connectivity index (χ1v) is 10.8. The highest BCUT2D eigenvalue weighted by atomic mass is 15.2. The van der Waals surface area contributed by atoms with Crippen molar-refractivity contribution in [2.75, 3.05) is 18.0 Å². The molecule has 0 amide bonds. The van der Waals surface area contributed by atoms with E-state index in [2.05, 4.69) is 69.8 Å². The Hall–Kier alpha value is -3.88. The van der Waals surface area contributed by atoms with Gasteiger partial charge in [-0.3, -0.25) is 0 Å². The number of nitrogens with one attached hydrogen (secondary N) is 1. The summed E-state index contributed by atoms with van der Waals surface area (Å²) in [5, 5.41) is 12.7. The van der Waals surface area contributed by atoms with Crippen LogP contribution in [0.4, 0.5) is 5.69 Å². The number of aryl methyl sites for hydroxylation is 1. The number of aromatic nitrogens is 2. The van der Waals surface area contributed by atoms with Crippen molar-refractivity contribution in [1.82, 2.24) is 14.9 Å². The fraction of sp³-hybridized carbons (Fsp3) is 0.185. The fourth-order valence-corrected chi connectivity index (χ4v) is 3.67. The van der Waals surface area contributed by atoms with Crippen molar-refractivity contribution in [3.05, 3.63) is 108 Å². The van der Waals surface area contributed by atoms with Crippen LogP contribution < -0.4 is 10.2 Å². The van der Waals surface area contributed by atoms with E-state index in [9.17, 15) is 0 Å². The fourth-order valence-electron chi connectivity index (χ4n) is 3.67. The summed E-state index contributed by atoms with van der Waals surface area (Å²) in [4.78, 5) is 6.55. The molecule has 3 aromatic carbocycles. The Labute approximate surface area is 189 Å². The Morgan fingerprint density at radius 1 is 0.938 bits per heavy atom. The Balaban J connectivity index is 1.35. The van der Waals surface area contributed by atoms with Crippen LogP contribution in [0.2, 0.25) is 0 Å². The van der Waals surface area contributed by atoms with E-state index in [0.717, 1.165) is 37.6 Å². The Bertz CT molecular complexity index is 1160. The molecule has 0 bridgehead atoms. The predicted octanol–water partition coefficient (Wildman–Crippen LogP) is 4.76. The van der Waals surface area contributed by atoms with E-state index in [1.807, 2.05) is 54.5 Å². The van der Waals surface area contributed by atoms with Crippen LogP contribution in [-0.2, 0) is 20.1 Å². The average molecular weight is 422 g/mol. The van der Waals surface area contributed by atoms with E-state index in [1.165, 1.54) is 16.7 Å². The lowest BCUT2D eigenvalue weighted by atomic mass is 10.0. The van der Waals surface area contributed by atoms with Gasteiger partial charge in [-0.2, -0.15) is 5.26 Å². The largest absolute Gasteiger partial charge is 0.364 e. The molecule has 0 atom stereocenters. The molecule has 160 valence electrons. The molecule has 5 heteroatoms. The SMILES string of the molecule is Cn1cncc1CN(CCNCc1ccc(-c2ccccc2)cc1)c1ccc(C#N)cc1. The number of nitrogens with zero attached hydrogens (tertiary/aromatic N) is 4. The quantitative estimate of drug-likeness (QED) is 0.396. The van der Waals surface area contributed by atoms with Crippen LogP contribution in [0, 0.1) is 11.3 Å². The molecule has 32 heavy (non-hydrogen) atoms. The summed E-state index contributed by atoms with van der Waals surface area (Å²) in [5.74, 6) is 0. The third-order valence-corrected chi connectivity index (χ3v) is 5.58. The van der Waals surface area contributed by atoms with Crippen LogP contribution in [0.5, 0.6) is 0 Å². The van der Waals surface area contributed by atoms with E-state index in [-0.39, 0.29) is 0 Å². The molecule has 1 heterocycles. The van der Waals surface area contributed by atoms with E-state index in [4.69, 9.17) is 5.26 Å². The van der Waals surface area contributed by atoms with Crippen LogP contribution in [0.25, 0.3) is 11.1 Å². The molecule has 4 aromatic rings. The highest BCUT2D eigenvalue weighted by Gasteiger charge is 2.10. The minimum atomic E-state index is 0.673. The number of hydrogen-bond donors (Lipinski definition) is 1. The van der Waals surface area contributed by atoms with Gasteiger partial charge in [-0.1, -0.05) is 54.6 Å². The first-order chi connectivity index (χ1) is 15.7. The number of anilines is 1. The molecule has 5 nitrogen and oxygen atoms in total. The smallest absolute Gasteiger partial charge is 0.0991 e. The van der Waals surface area contributed by atoms with Gasteiger partial charge >= 0.3 is 0 Å². The van der Waals surface area contributed by atoms with Crippen molar-refractivity contribution in [3.63, 3.8) is 0 Å². The Kier molecular flexibility index (Phi) is 6.96. The maximum Gasteiger partial charge on any atom is 0.0991 e. The van der Waals surface area contributed by atoms with Crippen LogP contribution in [0.15, 0.2) is 91.4 Å². The van der Waals surface area contributed by atoms with E-state index >= 15 is 0 Å². The average Bonchev–Trinajstić information content (AvgIpc) is 3.26. The van der Waals surface area contributed by atoms with Crippen molar-refractivity contribution in [1.29, 1.82) is 5.26 Å². The zero-order chi connectivity index (χ0) is 22.2. The molecule has 0 radical (unpaired) electrons. The highest BCUT2D eigenvalue weighted by molar-refractivity contribution is 5.63. The van der Waals surface area contributed by atoms with Crippen LogP contribution >= 0.6 is 0 Å². The van der Waals surface area contributed by atoms with Gasteiger partial charge in [0.25, 0.3) is 0 Å². The van der Waals surface area contributed by atoms with Crippen molar-refractivity contribution in [2.24, 2.45) is 7.05 Å². The molecular formula is C27H27N5. The van der Waals surface area contributed by atoms with Gasteiger partial charge in [-0.05, 0) is 41.0 Å². The predicted molar refractivity (Wildman–Crippen MR) is 129 cm³/mol. The lowest BCUT2D eigenvalue weighted by molar-refractivity contribution is 0.648. The Morgan fingerprint density at radius 3 is 2.31 bits per heavy atom. The standard InChI is InChI=1S/C27H27N5/c1-31-21-30-19-27(31)20-32(26-13-9-22(17-28)10-14-26)16-15-29-18-23-7-11-25(12-8-23)24-5-3-2-4-6-24/h2-14,19,21,29H,15-16,18,20H2,1H3. The summed E-state index contributed by atoms with van der Waals surface area (Å²) in [6.45, 7) is 3.27. The normalized spacial score (nSPS) is 10.6. The zero-order valence-electron chi connectivity index (χ0n) is 18.3. The molecule has 1 aromatic heterocycles. The summed E-state index contributed by atoms with van der Waals surface area (Å²) in [6.07, 6.45) is 3.72. The summed E-state index contributed by atoms with van der Waals surface area (Å²) >= 11 is 0. The molecular weight excluding hydrogens is 394 g/mol. The second-order valence-electron chi connectivity index (χ2n) is 7.82. The molecule has 0 aliphatic rings. The molecule has 0 fully saturated rings. The minimum Gasteiger partial charge on any atom is -0.364 e. The number of nitriles is 1. The number of hydrogen-bond acceptors (Lipinski definition) is 4. The highest BCUT2D eigenvalue weighted by Crippen LogP contribution is 2.20. The van der Waals surface area contributed by atoms with Gasteiger partial charge in [-0.15, -0.1) is 0 Å². The third-order valence-electron chi connectivity index (χ3n) is 5.58. The van der Waals surface area contributed by atoms with Gasteiger partial charge in [0.1, 0.15) is 0 Å². The second-order valence-corrected chi connectivity index (χ2v) is 7.82. The van der Waals surface area contributed by atoms with Crippen LogP contribution in [-0.4, -0.2) is 22.6 Å². The Morgan fingerprint density at radius 2 is 1.66 bits per heavy atom. The lowest BCUT2D eigenvalue weighted by Crippen LogP contribution is -2.32. The van der Waals surface area contributed by atoms with E-state index in [0.29, 0.717) is 5.56 Å². The molecule has 0 saturated carbocycles. The molecule has 1 N–H and O–H groups in total. The monoisotopic (exact) mass is 421 g/mol. The van der Waals surface area contributed by atoms with E-state index < -0.39 is 0 Å². The van der Waals surface area contributed by atoms with Gasteiger partial charge in [0.05, 0.1) is 30.2 Å². The van der Waals surface area contributed by atoms with Crippen molar-refractivity contribution >= 4 is 5.69 Å². The maximum atomic E-state index is 9.09. The molecule has 0 unspecified atom stereocenters. The third kappa shape index (κ3) is 5.42. The van der Waals surface area contributed by atoms with Gasteiger partial charge in [0.2, 0.25) is 0 Å². The van der Waals surface area contributed by atoms with Gasteiger partial charge in [0, 0.05) is 38.6 Å². The van der Waals surface area contributed by atoms with Crippen LogP contribution in [0.1, 0.15) is 16.8 Å². The molecule has 0 aliphatic carbocycles. The topological polar surface area (TPSA) is 56.9 Å². The molecule has 4 rings (SSSR count). The second kappa shape index (κ2) is 10.4. The summed E-state index contributed by atoms with van der Waals surface area (Å²) in [5.41, 5.74) is 6.65. The number of imidazole rings is 1. The van der Waals surface area contributed by atoms with Crippen molar-refractivity contribution < 1.29 is 0 Å². The first-order valence-electron chi connectivity index (χ1n) is 10.8. The van der Waals surface area contributed by atoms with Gasteiger partial charge < -0.3 is 14.8 Å². The summed E-state index contributed by atoms with van der Waals surface area (Å²) in [7, 11) is 2.01. The number of rotatable bonds is 9. The lowest BCUT2D eigenvalue weighted by Gasteiger charge is -2.25. The van der Waals surface area contributed by atoms with E-state index in [1.54, 1.807) is 0 Å². The molecule has 0 spiro atoms. The maximum absolute atomic E-state index is 9.09. The van der Waals surface area contributed by atoms with Crippen molar-refractivity contribution in [2.45, 2.75) is 13.1 Å².